The van der Waals surface area contributed by atoms with Gasteiger partial charge in [0.2, 0.25) is 11.8 Å². The van der Waals surface area contributed by atoms with E-state index >= 15 is 0 Å². The molecule has 2 aliphatic rings. The van der Waals surface area contributed by atoms with E-state index in [1.54, 1.807) is 49.4 Å². The molecular formula is C23H19F2N3O3. The van der Waals surface area contributed by atoms with Gasteiger partial charge in [-0.3, -0.25) is 9.59 Å². The van der Waals surface area contributed by atoms with E-state index in [0.29, 0.717) is 22.4 Å². The SMILES string of the molecule is C/C(=C\C(=O)N1CC(C#N)C2(C1)C(=O)Nc1ccccc12)c1ccccc1OC(F)F. The van der Waals surface area contributed by atoms with Gasteiger partial charge in [0.15, 0.2) is 0 Å². The first-order valence-electron chi connectivity index (χ1n) is 9.69. The summed E-state index contributed by atoms with van der Waals surface area (Å²) in [5.41, 5.74) is 1.03. The smallest absolute Gasteiger partial charge is 0.387 e. The molecule has 0 saturated carbocycles. The van der Waals surface area contributed by atoms with Gasteiger partial charge < -0.3 is 15.0 Å². The number of nitriles is 1. The topological polar surface area (TPSA) is 82.4 Å². The standard InChI is InChI=1S/C23H19F2N3O3/c1-14(16-6-2-5-9-19(16)31-22(24)25)10-20(29)28-12-15(11-26)23(13-28)17-7-3-4-8-18(17)27-21(23)30/h2-10,15,22H,12-13H2,1H3,(H,27,30)/b14-10+. The number of rotatable bonds is 4. The van der Waals surface area contributed by atoms with Crippen molar-refractivity contribution in [2.75, 3.05) is 18.4 Å². The second-order valence-electron chi connectivity index (χ2n) is 7.57. The quantitative estimate of drug-likeness (QED) is 0.763. The minimum atomic E-state index is -2.99. The van der Waals surface area contributed by atoms with Crippen LogP contribution in [0.5, 0.6) is 5.75 Å². The Morgan fingerprint density at radius 3 is 2.74 bits per heavy atom. The molecule has 6 nitrogen and oxygen atoms in total. The van der Waals surface area contributed by atoms with E-state index in [9.17, 15) is 23.6 Å². The molecule has 31 heavy (non-hydrogen) atoms. The van der Waals surface area contributed by atoms with Crippen LogP contribution in [-0.4, -0.2) is 36.4 Å². The van der Waals surface area contributed by atoms with Crippen LogP contribution in [0.15, 0.2) is 54.6 Å². The first kappa shape index (κ1) is 20.5. The molecule has 0 aromatic heterocycles. The summed E-state index contributed by atoms with van der Waals surface area (Å²) in [7, 11) is 0. The van der Waals surface area contributed by atoms with Gasteiger partial charge in [-0.2, -0.15) is 14.0 Å². The van der Waals surface area contributed by atoms with Gasteiger partial charge in [0.1, 0.15) is 11.2 Å². The normalized spacial score (nSPS) is 22.4. The Morgan fingerprint density at radius 2 is 2.00 bits per heavy atom. The number of halogens is 2. The van der Waals surface area contributed by atoms with Gasteiger partial charge in [-0.25, -0.2) is 0 Å². The number of nitrogens with one attached hydrogen (secondary N) is 1. The molecule has 1 saturated heterocycles. The Kier molecular flexibility index (Phi) is 5.19. The zero-order valence-corrected chi connectivity index (χ0v) is 16.6. The summed E-state index contributed by atoms with van der Waals surface area (Å²) >= 11 is 0. The maximum Gasteiger partial charge on any atom is 0.387 e. The summed E-state index contributed by atoms with van der Waals surface area (Å²) in [5.74, 6) is -1.44. The Bertz CT molecular complexity index is 1130. The van der Waals surface area contributed by atoms with Crippen LogP contribution in [0.1, 0.15) is 18.1 Å². The Labute approximate surface area is 177 Å². The number of ether oxygens (including phenoxy) is 1. The van der Waals surface area contributed by atoms with Crippen LogP contribution < -0.4 is 10.1 Å². The molecule has 158 valence electrons. The fourth-order valence-electron chi connectivity index (χ4n) is 4.36. The number of alkyl halides is 2. The zero-order chi connectivity index (χ0) is 22.2. The largest absolute Gasteiger partial charge is 0.434 e. The van der Waals surface area contributed by atoms with Crippen molar-refractivity contribution in [2.24, 2.45) is 5.92 Å². The van der Waals surface area contributed by atoms with Gasteiger partial charge in [-0.1, -0.05) is 36.4 Å². The summed E-state index contributed by atoms with van der Waals surface area (Å²) < 4.78 is 29.9. The van der Waals surface area contributed by atoms with Crippen molar-refractivity contribution >= 4 is 23.1 Å². The predicted molar refractivity (Wildman–Crippen MR) is 109 cm³/mol. The van der Waals surface area contributed by atoms with Crippen LogP contribution in [0.4, 0.5) is 14.5 Å². The van der Waals surface area contributed by atoms with E-state index in [4.69, 9.17) is 0 Å². The highest BCUT2D eigenvalue weighted by Crippen LogP contribution is 2.47. The van der Waals surface area contributed by atoms with E-state index in [0.717, 1.165) is 0 Å². The molecule has 2 atom stereocenters. The lowest BCUT2D eigenvalue weighted by atomic mass is 9.74. The van der Waals surface area contributed by atoms with Crippen LogP contribution in [-0.2, 0) is 15.0 Å². The second kappa shape index (κ2) is 7.84. The van der Waals surface area contributed by atoms with Crippen LogP contribution in [0.25, 0.3) is 5.57 Å². The van der Waals surface area contributed by atoms with Crippen molar-refractivity contribution in [3.8, 4) is 11.8 Å². The van der Waals surface area contributed by atoms with Crippen molar-refractivity contribution in [3.05, 3.63) is 65.7 Å². The summed E-state index contributed by atoms with van der Waals surface area (Å²) in [4.78, 5) is 27.3. The molecule has 2 unspecified atom stereocenters. The summed E-state index contributed by atoms with van der Waals surface area (Å²) in [5, 5.41) is 12.6. The number of carbonyl (C=O) groups excluding carboxylic acids is 2. The monoisotopic (exact) mass is 423 g/mol. The van der Waals surface area contributed by atoms with E-state index in [1.807, 2.05) is 0 Å². The maximum atomic E-state index is 13.0. The first-order chi connectivity index (χ1) is 14.9. The molecule has 1 spiro atoms. The Morgan fingerprint density at radius 1 is 1.29 bits per heavy atom. The van der Waals surface area contributed by atoms with E-state index < -0.39 is 23.9 Å². The molecular weight excluding hydrogens is 404 g/mol. The third kappa shape index (κ3) is 3.42. The number of likely N-dealkylation sites (tertiary alicyclic amines) is 1. The molecule has 8 heteroatoms. The molecule has 2 aromatic carbocycles. The van der Waals surface area contributed by atoms with Crippen molar-refractivity contribution in [1.82, 2.24) is 4.90 Å². The first-order valence-corrected chi connectivity index (χ1v) is 9.69. The summed E-state index contributed by atoms with van der Waals surface area (Å²) in [6, 6.07) is 15.6. The third-order valence-electron chi connectivity index (χ3n) is 5.83. The number of hydrogen-bond acceptors (Lipinski definition) is 4. The highest BCUT2D eigenvalue weighted by molar-refractivity contribution is 6.08. The highest BCUT2D eigenvalue weighted by atomic mass is 19.3. The van der Waals surface area contributed by atoms with Gasteiger partial charge in [0.05, 0.1) is 12.0 Å². The summed E-state index contributed by atoms with van der Waals surface area (Å²) in [6.07, 6.45) is 1.32. The number of allylic oxidation sites excluding steroid dienone is 1. The second-order valence-corrected chi connectivity index (χ2v) is 7.57. The number of fused-ring (bicyclic) bond motifs is 2. The Hall–Kier alpha value is -3.73. The molecule has 0 radical (unpaired) electrons. The number of anilines is 1. The molecule has 0 aliphatic carbocycles. The molecule has 2 amide bonds. The number of benzene rings is 2. The lowest BCUT2D eigenvalue weighted by molar-refractivity contribution is -0.125. The average molecular weight is 423 g/mol. The number of carbonyl (C=O) groups is 2. The Balaban J connectivity index is 1.63. The molecule has 2 aliphatic heterocycles. The number of para-hydroxylation sites is 2. The fraction of sp³-hybridized carbons (Fsp3) is 0.261. The molecule has 4 rings (SSSR count). The molecule has 1 fully saturated rings. The molecule has 1 N–H and O–H groups in total. The van der Waals surface area contributed by atoms with Gasteiger partial charge in [-0.05, 0) is 30.2 Å². The van der Waals surface area contributed by atoms with Gasteiger partial charge in [-0.15, -0.1) is 0 Å². The van der Waals surface area contributed by atoms with Crippen LogP contribution >= 0.6 is 0 Å². The van der Waals surface area contributed by atoms with Gasteiger partial charge >= 0.3 is 6.61 Å². The lowest BCUT2D eigenvalue weighted by Gasteiger charge is -2.24. The maximum absolute atomic E-state index is 13.0. The minimum absolute atomic E-state index is 0.0315. The van der Waals surface area contributed by atoms with E-state index in [1.165, 1.54) is 17.0 Å². The molecule has 2 heterocycles. The number of hydrogen-bond donors (Lipinski definition) is 1. The van der Waals surface area contributed by atoms with E-state index in [2.05, 4.69) is 16.1 Å². The van der Waals surface area contributed by atoms with Gasteiger partial charge in [0, 0.05) is 30.4 Å². The van der Waals surface area contributed by atoms with Crippen molar-refractivity contribution < 1.29 is 23.1 Å². The van der Waals surface area contributed by atoms with Crippen LogP contribution in [0.3, 0.4) is 0 Å². The lowest BCUT2D eigenvalue weighted by Crippen LogP contribution is -2.42. The third-order valence-corrected chi connectivity index (χ3v) is 5.83. The minimum Gasteiger partial charge on any atom is -0.434 e. The molecule has 0 bridgehead atoms. The van der Waals surface area contributed by atoms with Crippen LogP contribution in [0.2, 0.25) is 0 Å². The van der Waals surface area contributed by atoms with Crippen molar-refractivity contribution in [1.29, 1.82) is 5.26 Å². The zero-order valence-electron chi connectivity index (χ0n) is 16.6. The summed E-state index contributed by atoms with van der Waals surface area (Å²) in [6.45, 7) is -1.21. The van der Waals surface area contributed by atoms with Gasteiger partial charge in [0.25, 0.3) is 0 Å². The van der Waals surface area contributed by atoms with E-state index in [-0.39, 0.29) is 24.7 Å². The molecule has 2 aromatic rings. The fourth-order valence-corrected chi connectivity index (χ4v) is 4.36. The average Bonchev–Trinajstić information content (AvgIpc) is 3.27. The number of amides is 2. The highest BCUT2D eigenvalue weighted by Gasteiger charge is 2.58. The predicted octanol–water partition coefficient (Wildman–Crippen LogP) is 3.56. The van der Waals surface area contributed by atoms with Crippen molar-refractivity contribution in [2.45, 2.75) is 19.0 Å². The van der Waals surface area contributed by atoms with Crippen LogP contribution in [0, 0.1) is 17.2 Å². The van der Waals surface area contributed by atoms with Crippen molar-refractivity contribution in [3.63, 3.8) is 0 Å². The number of nitrogens with zero attached hydrogens (tertiary/aromatic N) is 2.